The molecule has 0 spiro atoms. The Morgan fingerprint density at radius 2 is 1.59 bits per heavy atom. The molecule has 200 valence electrons. The molecule has 2 heterocycles. The van der Waals surface area contributed by atoms with E-state index in [-0.39, 0.29) is 28.6 Å². The van der Waals surface area contributed by atoms with Crippen molar-refractivity contribution in [1.82, 2.24) is 4.57 Å². The first-order valence-corrected chi connectivity index (χ1v) is 11.4. The Labute approximate surface area is 218 Å². The Morgan fingerprint density at radius 1 is 0.923 bits per heavy atom. The van der Waals surface area contributed by atoms with Gasteiger partial charge in [0, 0.05) is 22.8 Å². The van der Waals surface area contributed by atoms with Crippen LogP contribution in [0.3, 0.4) is 0 Å². The third kappa shape index (κ3) is 4.12. The molecule has 0 amide bonds. The van der Waals surface area contributed by atoms with Gasteiger partial charge in [0.25, 0.3) is 5.60 Å². The molecule has 1 aromatic heterocycles. The summed E-state index contributed by atoms with van der Waals surface area (Å²) in [7, 11) is 1.16. The first kappa shape index (κ1) is 26.0. The molecular weight excluding hydrogens is 526 g/mol. The highest BCUT2D eigenvalue weighted by Gasteiger charge is 2.69. The monoisotopic (exact) mass is 544 g/mol. The molecule has 0 bridgehead atoms. The van der Waals surface area contributed by atoms with Crippen LogP contribution in [0.1, 0.15) is 23.6 Å². The summed E-state index contributed by atoms with van der Waals surface area (Å²) in [6.45, 7) is 1.40. The van der Waals surface area contributed by atoms with Crippen molar-refractivity contribution in [3.05, 3.63) is 101 Å². The summed E-state index contributed by atoms with van der Waals surface area (Å²) in [5, 5.41) is 9.26. The SMILES string of the molecule is COC1=C(C)OC1(c1cn(-c2ccc(Oc3ccc(C#N)c(C(F)(F)F)c3)cc2)c2ccccc12)C(F)(F)F. The van der Waals surface area contributed by atoms with Gasteiger partial charge in [-0.25, -0.2) is 0 Å². The fraction of sp³-hybridized carbons (Fsp3) is 0.179. The Kier molecular flexibility index (Phi) is 6.01. The maximum atomic E-state index is 14.4. The van der Waals surface area contributed by atoms with Crippen LogP contribution in [0.25, 0.3) is 16.6 Å². The number of ether oxygens (including phenoxy) is 3. The van der Waals surface area contributed by atoms with Gasteiger partial charge in [0.2, 0.25) is 0 Å². The fourth-order valence-electron chi connectivity index (χ4n) is 4.73. The maximum absolute atomic E-state index is 14.4. The van der Waals surface area contributed by atoms with E-state index in [1.165, 1.54) is 37.4 Å². The minimum atomic E-state index is -4.82. The van der Waals surface area contributed by atoms with Crippen LogP contribution in [0.5, 0.6) is 11.5 Å². The highest BCUT2D eigenvalue weighted by atomic mass is 19.4. The Balaban J connectivity index is 1.53. The maximum Gasteiger partial charge on any atom is 0.440 e. The molecule has 5 nitrogen and oxygen atoms in total. The van der Waals surface area contributed by atoms with Crippen LogP contribution in [0.15, 0.2) is 84.4 Å². The molecule has 0 saturated heterocycles. The molecule has 0 radical (unpaired) electrons. The van der Waals surface area contributed by atoms with Gasteiger partial charge in [0.1, 0.15) is 17.3 Å². The number of aromatic nitrogens is 1. The fourth-order valence-corrected chi connectivity index (χ4v) is 4.73. The zero-order valence-electron chi connectivity index (χ0n) is 20.3. The number of nitriles is 1. The van der Waals surface area contributed by atoms with Crippen LogP contribution in [0.2, 0.25) is 0 Å². The van der Waals surface area contributed by atoms with Gasteiger partial charge < -0.3 is 18.8 Å². The van der Waals surface area contributed by atoms with Gasteiger partial charge in [0.05, 0.1) is 29.8 Å². The second-order valence-electron chi connectivity index (χ2n) is 8.71. The third-order valence-corrected chi connectivity index (χ3v) is 6.41. The van der Waals surface area contributed by atoms with E-state index in [0.717, 1.165) is 19.2 Å². The Morgan fingerprint density at radius 3 is 2.18 bits per heavy atom. The second-order valence-corrected chi connectivity index (χ2v) is 8.71. The van der Waals surface area contributed by atoms with E-state index in [4.69, 9.17) is 19.5 Å². The molecule has 1 unspecified atom stereocenters. The molecule has 0 aliphatic carbocycles. The Bertz CT molecular complexity index is 1650. The van der Waals surface area contributed by atoms with Crippen LogP contribution in [0, 0.1) is 11.3 Å². The van der Waals surface area contributed by atoms with E-state index in [1.807, 2.05) is 0 Å². The summed E-state index contributed by atoms with van der Waals surface area (Å²) >= 11 is 0. The zero-order chi connectivity index (χ0) is 28.2. The minimum Gasteiger partial charge on any atom is -0.493 e. The van der Waals surface area contributed by atoms with Crippen molar-refractivity contribution in [1.29, 1.82) is 5.26 Å². The molecule has 0 saturated carbocycles. The lowest BCUT2D eigenvalue weighted by Crippen LogP contribution is -2.52. The standard InChI is InChI=1S/C28H18F6N2O3/c1-16-25(37-2)26(39-16,28(32,33)34)23-15-36(24-6-4-3-5-21(23)24)18-8-11-19(12-9-18)38-20-10-7-17(14-35)22(13-20)27(29,30)31/h3-13,15H,1-2H3. The van der Waals surface area contributed by atoms with Gasteiger partial charge >= 0.3 is 12.4 Å². The topological polar surface area (TPSA) is 56.4 Å². The molecule has 1 aliphatic heterocycles. The molecule has 1 aliphatic rings. The van der Waals surface area contributed by atoms with Gasteiger partial charge in [-0.15, -0.1) is 0 Å². The quantitative estimate of drug-likeness (QED) is 0.239. The van der Waals surface area contributed by atoms with Crippen molar-refractivity contribution in [2.24, 2.45) is 0 Å². The molecule has 0 N–H and O–H groups in total. The number of benzene rings is 3. The average molecular weight is 544 g/mol. The smallest absolute Gasteiger partial charge is 0.440 e. The molecule has 39 heavy (non-hydrogen) atoms. The van der Waals surface area contributed by atoms with Crippen molar-refractivity contribution in [3.8, 4) is 23.3 Å². The normalized spacial score (nSPS) is 17.4. The average Bonchev–Trinajstić information content (AvgIpc) is 3.26. The van der Waals surface area contributed by atoms with E-state index in [2.05, 4.69) is 0 Å². The van der Waals surface area contributed by atoms with Crippen LogP contribution in [-0.4, -0.2) is 17.9 Å². The highest BCUT2D eigenvalue weighted by Crippen LogP contribution is 2.57. The van der Waals surface area contributed by atoms with Crippen molar-refractivity contribution in [3.63, 3.8) is 0 Å². The number of alkyl halides is 6. The molecule has 0 fully saturated rings. The highest BCUT2D eigenvalue weighted by molar-refractivity contribution is 5.87. The molecular formula is C28H18F6N2O3. The van der Waals surface area contributed by atoms with Crippen molar-refractivity contribution < 1.29 is 40.6 Å². The van der Waals surface area contributed by atoms with Crippen LogP contribution >= 0.6 is 0 Å². The van der Waals surface area contributed by atoms with Gasteiger partial charge in [0.15, 0.2) is 5.76 Å². The molecule has 11 heteroatoms. The van der Waals surface area contributed by atoms with Crippen LogP contribution < -0.4 is 4.74 Å². The second kappa shape index (κ2) is 9.01. The summed E-state index contributed by atoms with van der Waals surface area (Å²) in [5.41, 5.74) is -3.64. The van der Waals surface area contributed by atoms with E-state index in [9.17, 15) is 26.3 Å². The molecule has 4 aromatic rings. The number of rotatable bonds is 5. The number of methoxy groups -OCH3 is 1. The summed E-state index contributed by atoms with van der Waals surface area (Å²) in [6.07, 6.45) is -8.23. The third-order valence-electron chi connectivity index (χ3n) is 6.41. The summed E-state index contributed by atoms with van der Waals surface area (Å²) in [4.78, 5) is 0. The number of nitrogens with zero attached hydrogens (tertiary/aromatic N) is 2. The van der Waals surface area contributed by atoms with Crippen LogP contribution in [-0.2, 0) is 21.3 Å². The van der Waals surface area contributed by atoms with Gasteiger partial charge in [-0.05, 0) is 55.5 Å². The number of halogens is 6. The van der Waals surface area contributed by atoms with E-state index in [0.29, 0.717) is 16.6 Å². The first-order valence-electron chi connectivity index (χ1n) is 11.4. The predicted molar refractivity (Wildman–Crippen MR) is 128 cm³/mol. The molecule has 1 atom stereocenters. The van der Waals surface area contributed by atoms with Crippen molar-refractivity contribution >= 4 is 10.9 Å². The van der Waals surface area contributed by atoms with E-state index < -0.39 is 29.1 Å². The van der Waals surface area contributed by atoms with Gasteiger partial charge in [-0.1, -0.05) is 18.2 Å². The summed E-state index contributed by atoms with van der Waals surface area (Å²) in [6, 6.07) is 17.1. The lowest BCUT2D eigenvalue weighted by molar-refractivity contribution is -0.292. The van der Waals surface area contributed by atoms with E-state index >= 15 is 0 Å². The molecule has 5 rings (SSSR count). The number of hydrogen-bond donors (Lipinski definition) is 0. The lowest BCUT2D eigenvalue weighted by atomic mass is 9.85. The number of para-hydroxylation sites is 1. The van der Waals surface area contributed by atoms with Gasteiger partial charge in [-0.3, -0.25) is 0 Å². The number of hydrogen-bond acceptors (Lipinski definition) is 4. The number of fused-ring (bicyclic) bond motifs is 1. The summed E-state index contributed by atoms with van der Waals surface area (Å²) in [5.74, 6) is -0.249. The van der Waals surface area contributed by atoms with E-state index in [1.54, 1.807) is 41.0 Å². The largest absolute Gasteiger partial charge is 0.493 e. The zero-order valence-corrected chi connectivity index (χ0v) is 20.3. The van der Waals surface area contributed by atoms with Crippen LogP contribution in [0.4, 0.5) is 26.3 Å². The Hall–Kier alpha value is -4.59. The predicted octanol–water partition coefficient (Wildman–Crippen LogP) is 7.98. The lowest BCUT2D eigenvalue weighted by Gasteiger charge is -2.44. The number of allylic oxidation sites excluding steroid dienone is 1. The first-order chi connectivity index (χ1) is 18.4. The summed E-state index contributed by atoms with van der Waals surface area (Å²) < 4.78 is 101. The minimum absolute atomic E-state index is 0.0321. The van der Waals surface area contributed by atoms with Crippen molar-refractivity contribution in [2.45, 2.75) is 24.9 Å². The van der Waals surface area contributed by atoms with Crippen molar-refractivity contribution in [2.75, 3.05) is 7.11 Å². The van der Waals surface area contributed by atoms with Gasteiger partial charge in [-0.2, -0.15) is 31.6 Å². The molecule has 3 aromatic carbocycles.